The van der Waals surface area contributed by atoms with Crippen LogP contribution in [0.5, 0.6) is 0 Å². The largest absolute Gasteiger partial charge is 0.369 e. The number of nitrogens with two attached hydrogens (primary N) is 1. The molecule has 0 aliphatic rings. The Morgan fingerprint density at radius 1 is 1.37 bits per heavy atom. The minimum Gasteiger partial charge on any atom is -0.369 e. The summed E-state index contributed by atoms with van der Waals surface area (Å²) >= 11 is 0. The molecule has 1 aromatic heterocycles. The second kappa shape index (κ2) is 7.28. The van der Waals surface area contributed by atoms with Gasteiger partial charge in [0.1, 0.15) is 18.0 Å². The van der Waals surface area contributed by atoms with Crippen LogP contribution in [-0.2, 0) is 0 Å². The standard InChI is InChI=1S/C14H27N5/c1-5-14(2,3)10-16-12-9-13(18-11-17-12)19(4)8-6-7-15/h9,11H,5-8,10,15H2,1-4H3,(H,16,17,18). The van der Waals surface area contributed by atoms with Gasteiger partial charge in [-0.15, -0.1) is 0 Å². The van der Waals surface area contributed by atoms with Crippen molar-refractivity contribution in [1.29, 1.82) is 0 Å². The molecular formula is C14H27N5. The molecule has 0 radical (unpaired) electrons. The Morgan fingerprint density at radius 2 is 2.11 bits per heavy atom. The summed E-state index contributed by atoms with van der Waals surface area (Å²) in [5.74, 6) is 1.81. The van der Waals surface area contributed by atoms with E-state index in [1.54, 1.807) is 6.33 Å². The summed E-state index contributed by atoms with van der Waals surface area (Å²) < 4.78 is 0. The van der Waals surface area contributed by atoms with E-state index < -0.39 is 0 Å². The van der Waals surface area contributed by atoms with E-state index in [4.69, 9.17) is 5.73 Å². The molecule has 3 N–H and O–H groups in total. The zero-order valence-electron chi connectivity index (χ0n) is 12.6. The molecule has 19 heavy (non-hydrogen) atoms. The highest BCUT2D eigenvalue weighted by Gasteiger charge is 2.15. The number of hydrogen-bond acceptors (Lipinski definition) is 5. The van der Waals surface area contributed by atoms with E-state index in [2.05, 4.69) is 41.0 Å². The summed E-state index contributed by atoms with van der Waals surface area (Å²) in [4.78, 5) is 10.7. The van der Waals surface area contributed by atoms with Gasteiger partial charge in [-0.1, -0.05) is 20.8 Å². The molecule has 0 saturated carbocycles. The Labute approximate surface area is 116 Å². The molecular weight excluding hydrogens is 238 g/mol. The molecule has 0 saturated heterocycles. The number of rotatable bonds is 8. The lowest BCUT2D eigenvalue weighted by Gasteiger charge is -2.23. The quantitative estimate of drug-likeness (QED) is 0.753. The predicted molar refractivity (Wildman–Crippen MR) is 81.5 cm³/mol. The van der Waals surface area contributed by atoms with Crippen molar-refractivity contribution in [1.82, 2.24) is 9.97 Å². The second-order valence-corrected chi connectivity index (χ2v) is 5.70. The average Bonchev–Trinajstić information content (AvgIpc) is 2.43. The Bertz CT molecular complexity index is 378. The fourth-order valence-electron chi connectivity index (χ4n) is 1.55. The zero-order chi connectivity index (χ0) is 14.3. The van der Waals surface area contributed by atoms with E-state index in [-0.39, 0.29) is 5.41 Å². The number of anilines is 2. The summed E-state index contributed by atoms with van der Waals surface area (Å²) in [5, 5.41) is 3.38. The second-order valence-electron chi connectivity index (χ2n) is 5.70. The molecule has 0 fully saturated rings. The summed E-state index contributed by atoms with van der Waals surface area (Å²) in [6, 6.07) is 1.99. The van der Waals surface area contributed by atoms with Crippen LogP contribution in [0, 0.1) is 5.41 Å². The summed E-state index contributed by atoms with van der Waals surface area (Å²) in [7, 11) is 2.03. The molecule has 1 heterocycles. The molecule has 5 heteroatoms. The van der Waals surface area contributed by atoms with Crippen LogP contribution >= 0.6 is 0 Å². The van der Waals surface area contributed by atoms with Crippen LogP contribution in [0.3, 0.4) is 0 Å². The number of hydrogen-bond donors (Lipinski definition) is 2. The highest BCUT2D eigenvalue weighted by Crippen LogP contribution is 2.20. The Morgan fingerprint density at radius 3 is 2.74 bits per heavy atom. The molecule has 0 aromatic carbocycles. The van der Waals surface area contributed by atoms with Crippen molar-refractivity contribution >= 4 is 11.6 Å². The number of nitrogens with zero attached hydrogens (tertiary/aromatic N) is 3. The Balaban J connectivity index is 2.61. The molecule has 0 unspecified atom stereocenters. The van der Waals surface area contributed by atoms with Crippen LogP contribution in [0.15, 0.2) is 12.4 Å². The van der Waals surface area contributed by atoms with Crippen LogP contribution in [0.2, 0.25) is 0 Å². The zero-order valence-corrected chi connectivity index (χ0v) is 12.6. The van der Waals surface area contributed by atoms with Crippen LogP contribution < -0.4 is 16.0 Å². The van der Waals surface area contributed by atoms with E-state index in [0.29, 0.717) is 6.54 Å². The fraction of sp³-hybridized carbons (Fsp3) is 0.714. The SMILES string of the molecule is CCC(C)(C)CNc1cc(N(C)CCCN)ncn1. The van der Waals surface area contributed by atoms with Crippen molar-refractivity contribution in [3.05, 3.63) is 12.4 Å². The van der Waals surface area contributed by atoms with Crippen LogP contribution in [0.4, 0.5) is 11.6 Å². The third-order valence-electron chi connectivity index (χ3n) is 3.45. The molecule has 0 aliphatic carbocycles. The van der Waals surface area contributed by atoms with Gasteiger partial charge in [0.15, 0.2) is 0 Å². The molecule has 108 valence electrons. The Kier molecular flexibility index (Phi) is 6.02. The van der Waals surface area contributed by atoms with Gasteiger partial charge in [0.2, 0.25) is 0 Å². The van der Waals surface area contributed by atoms with E-state index in [0.717, 1.165) is 37.6 Å². The van der Waals surface area contributed by atoms with Gasteiger partial charge in [-0.3, -0.25) is 0 Å². The lowest BCUT2D eigenvalue weighted by molar-refractivity contribution is 0.376. The molecule has 0 atom stereocenters. The van der Waals surface area contributed by atoms with Gasteiger partial charge in [-0.05, 0) is 24.8 Å². The van der Waals surface area contributed by atoms with E-state index in [9.17, 15) is 0 Å². The minimum absolute atomic E-state index is 0.274. The van der Waals surface area contributed by atoms with E-state index >= 15 is 0 Å². The van der Waals surface area contributed by atoms with Gasteiger partial charge < -0.3 is 16.0 Å². The lowest BCUT2D eigenvalue weighted by Crippen LogP contribution is -2.24. The minimum atomic E-state index is 0.274. The maximum absolute atomic E-state index is 5.52. The highest BCUT2D eigenvalue weighted by molar-refractivity contribution is 5.47. The molecule has 5 nitrogen and oxygen atoms in total. The first kappa shape index (κ1) is 15.7. The first-order valence-electron chi connectivity index (χ1n) is 6.95. The highest BCUT2D eigenvalue weighted by atomic mass is 15.2. The van der Waals surface area contributed by atoms with Crippen LogP contribution in [0.25, 0.3) is 0 Å². The molecule has 1 rings (SSSR count). The van der Waals surface area contributed by atoms with Crippen molar-refractivity contribution in [2.75, 3.05) is 36.9 Å². The normalized spacial score (nSPS) is 11.4. The van der Waals surface area contributed by atoms with Crippen molar-refractivity contribution in [2.24, 2.45) is 11.1 Å². The van der Waals surface area contributed by atoms with Gasteiger partial charge in [0.25, 0.3) is 0 Å². The maximum atomic E-state index is 5.52. The molecule has 0 aliphatic heterocycles. The van der Waals surface area contributed by atoms with Crippen molar-refractivity contribution < 1.29 is 0 Å². The summed E-state index contributed by atoms with van der Waals surface area (Å²) in [6.45, 7) is 9.21. The van der Waals surface area contributed by atoms with Gasteiger partial charge >= 0.3 is 0 Å². The van der Waals surface area contributed by atoms with Crippen LogP contribution in [-0.4, -0.2) is 36.6 Å². The third kappa shape index (κ3) is 5.42. The monoisotopic (exact) mass is 265 g/mol. The van der Waals surface area contributed by atoms with E-state index in [1.807, 2.05) is 13.1 Å². The lowest BCUT2D eigenvalue weighted by atomic mass is 9.90. The van der Waals surface area contributed by atoms with Crippen molar-refractivity contribution in [3.63, 3.8) is 0 Å². The van der Waals surface area contributed by atoms with Gasteiger partial charge in [-0.25, -0.2) is 9.97 Å². The molecule has 0 amide bonds. The topological polar surface area (TPSA) is 67.1 Å². The first-order valence-corrected chi connectivity index (χ1v) is 6.95. The van der Waals surface area contributed by atoms with Crippen molar-refractivity contribution in [2.45, 2.75) is 33.6 Å². The van der Waals surface area contributed by atoms with Crippen LogP contribution in [0.1, 0.15) is 33.6 Å². The molecule has 0 bridgehead atoms. The molecule has 0 spiro atoms. The summed E-state index contributed by atoms with van der Waals surface area (Å²) in [6.07, 6.45) is 3.70. The van der Waals surface area contributed by atoms with E-state index in [1.165, 1.54) is 0 Å². The number of nitrogens with one attached hydrogen (secondary N) is 1. The third-order valence-corrected chi connectivity index (χ3v) is 3.45. The predicted octanol–water partition coefficient (Wildman–Crippen LogP) is 2.11. The fourth-order valence-corrected chi connectivity index (χ4v) is 1.55. The Hall–Kier alpha value is -1.36. The van der Waals surface area contributed by atoms with Gasteiger partial charge in [0, 0.05) is 26.2 Å². The summed E-state index contributed by atoms with van der Waals surface area (Å²) in [5.41, 5.74) is 5.80. The molecule has 1 aromatic rings. The van der Waals surface area contributed by atoms with Crippen molar-refractivity contribution in [3.8, 4) is 0 Å². The first-order chi connectivity index (χ1) is 8.98. The number of aromatic nitrogens is 2. The van der Waals surface area contributed by atoms with Gasteiger partial charge in [-0.2, -0.15) is 0 Å². The average molecular weight is 265 g/mol. The smallest absolute Gasteiger partial charge is 0.133 e. The maximum Gasteiger partial charge on any atom is 0.133 e. The van der Waals surface area contributed by atoms with Gasteiger partial charge in [0.05, 0.1) is 0 Å².